The molecule has 0 radical (unpaired) electrons. The number of ether oxygens (including phenoxy) is 3. The molecule has 0 unspecified atom stereocenters. The number of hydrogen-bond acceptors (Lipinski definition) is 6. The Labute approximate surface area is 213 Å². The van der Waals surface area contributed by atoms with E-state index in [1.807, 2.05) is 32.9 Å². The molecule has 0 spiro atoms. The topological polar surface area (TPSA) is 103 Å². The van der Waals surface area contributed by atoms with Crippen molar-refractivity contribution in [3.63, 3.8) is 0 Å². The summed E-state index contributed by atoms with van der Waals surface area (Å²) in [5.41, 5.74) is 0.628. The minimum absolute atomic E-state index is 0.195. The second kappa shape index (κ2) is 12.8. The van der Waals surface area contributed by atoms with Crippen LogP contribution in [0.25, 0.3) is 6.08 Å². The van der Waals surface area contributed by atoms with Gasteiger partial charge in [-0.15, -0.1) is 0 Å². The largest absolute Gasteiger partial charge is 0.494 e. The standard InChI is InChI=1S/C28H36N2O6/c1-27(2,3)35-25(32)18-15-20-13-16-21(17-14-20)34-19-9-12-24(31)29-22-10-7-8-11-23(22)30-26(33)36-28(4,5)6/h7-8,10-11,13-18H,9,12,19H2,1-6H3,(H,29,31)(H,30,33)/b18-15+. The maximum absolute atomic E-state index is 12.4. The molecule has 8 nitrogen and oxygen atoms in total. The SMILES string of the molecule is CC(C)(C)OC(=O)/C=C/c1ccc(OCCCC(=O)Nc2ccccc2NC(=O)OC(C)(C)C)cc1. The van der Waals surface area contributed by atoms with E-state index in [0.717, 1.165) is 5.56 Å². The third-order valence-corrected chi connectivity index (χ3v) is 4.35. The van der Waals surface area contributed by atoms with Gasteiger partial charge in [0, 0.05) is 12.5 Å². The van der Waals surface area contributed by atoms with Crippen molar-refractivity contribution in [2.24, 2.45) is 0 Å². The zero-order valence-corrected chi connectivity index (χ0v) is 21.8. The lowest BCUT2D eigenvalue weighted by molar-refractivity contribution is -0.148. The van der Waals surface area contributed by atoms with Crippen LogP contribution in [0, 0.1) is 0 Å². The van der Waals surface area contributed by atoms with E-state index in [1.165, 1.54) is 6.08 Å². The van der Waals surface area contributed by atoms with Gasteiger partial charge >= 0.3 is 12.1 Å². The highest BCUT2D eigenvalue weighted by atomic mass is 16.6. The molecule has 0 aliphatic rings. The van der Waals surface area contributed by atoms with Crippen molar-refractivity contribution >= 4 is 35.4 Å². The Morgan fingerprint density at radius 3 is 1.97 bits per heavy atom. The van der Waals surface area contributed by atoms with Gasteiger partial charge in [0.05, 0.1) is 18.0 Å². The summed E-state index contributed by atoms with van der Waals surface area (Å²) < 4.78 is 16.2. The molecule has 0 saturated carbocycles. The second-order valence-corrected chi connectivity index (χ2v) is 10.1. The number of para-hydroxylation sites is 2. The van der Waals surface area contributed by atoms with Gasteiger partial charge in [0.1, 0.15) is 17.0 Å². The Morgan fingerprint density at radius 2 is 1.39 bits per heavy atom. The molecule has 2 aromatic carbocycles. The number of nitrogens with one attached hydrogen (secondary N) is 2. The molecule has 0 aromatic heterocycles. The third kappa shape index (κ3) is 11.6. The summed E-state index contributed by atoms with van der Waals surface area (Å²) in [4.78, 5) is 36.2. The Kier molecular flexibility index (Phi) is 10.1. The zero-order valence-electron chi connectivity index (χ0n) is 21.8. The van der Waals surface area contributed by atoms with Gasteiger partial charge in [0.2, 0.25) is 5.91 Å². The van der Waals surface area contributed by atoms with Gasteiger partial charge < -0.3 is 19.5 Å². The second-order valence-electron chi connectivity index (χ2n) is 10.1. The van der Waals surface area contributed by atoms with Crippen LogP contribution < -0.4 is 15.4 Å². The molecule has 0 heterocycles. The maximum Gasteiger partial charge on any atom is 0.412 e. The lowest BCUT2D eigenvalue weighted by Crippen LogP contribution is -2.27. The van der Waals surface area contributed by atoms with E-state index in [4.69, 9.17) is 14.2 Å². The van der Waals surface area contributed by atoms with Crippen molar-refractivity contribution in [1.29, 1.82) is 0 Å². The van der Waals surface area contributed by atoms with Crippen LogP contribution in [-0.4, -0.2) is 35.8 Å². The molecular weight excluding hydrogens is 460 g/mol. The number of carbonyl (C=O) groups is 3. The highest BCUT2D eigenvalue weighted by Crippen LogP contribution is 2.22. The van der Waals surface area contributed by atoms with E-state index in [1.54, 1.807) is 63.2 Å². The lowest BCUT2D eigenvalue weighted by atomic mass is 10.2. The fraction of sp³-hybridized carbons (Fsp3) is 0.393. The van der Waals surface area contributed by atoms with Crippen molar-refractivity contribution in [2.45, 2.75) is 65.6 Å². The Hall–Kier alpha value is -3.81. The van der Waals surface area contributed by atoms with Gasteiger partial charge in [-0.2, -0.15) is 0 Å². The normalized spacial score (nSPS) is 11.6. The Bertz CT molecular complexity index is 1060. The first-order valence-electron chi connectivity index (χ1n) is 11.8. The number of benzene rings is 2. The summed E-state index contributed by atoms with van der Waals surface area (Å²) >= 11 is 0. The van der Waals surface area contributed by atoms with Gasteiger partial charge in [-0.05, 0) is 83.9 Å². The number of hydrogen-bond donors (Lipinski definition) is 2. The van der Waals surface area contributed by atoms with Crippen LogP contribution in [0.2, 0.25) is 0 Å². The van der Waals surface area contributed by atoms with Crippen molar-refractivity contribution in [2.75, 3.05) is 17.2 Å². The maximum atomic E-state index is 12.4. The summed E-state index contributed by atoms with van der Waals surface area (Å²) in [7, 11) is 0. The van der Waals surface area contributed by atoms with E-state index in [9.17, 15) is 14.4 Å². The number of amides is 2. The van der Waals surface area contributed by atoms with Crippen molar-refractivity contribution in [3.8, 4) is 5.75 Å². The Morgan fingerprint density at radius 1 is 0.806 bits per heavy atom. The van der Waals surface area contributed by atoms with Gasteiger partial charge in [-0.25, -0.2) is 9.59 Å². The first-order chi connectivity index (χ1) is 16.8. The zero-order chi connectivity index (χ0) is 26.8. The molecule has 0 bridgehead atoms. The third-order valence-electron chi connectivity index (χ3n) is 4.35. The monoisotopic (exact) mass is 496 g/mol. The summed E-state index contributed by atoms with van der Waals surface area (Å²) in [5.74, 6) is 0.0701. The highest BCUT2D eigenvalue weighted by molar-refractivity contribution is 5.97. The predicted octanol–water partition coefficient (Wildman–Crippen LogP) is 6.19. The number of esters is 1. The molecule has 0 fully saturated rings. The molecule has 2 aromatic rings. The Balaban J connectivity index is 1.77. The average molecular weight is 497 g/mol. The van der Waals surface area contributed by atoms with Crippen LogP contribution in [0.1, 0.15) is 59.9 Å². The first-order valence-corrected chi connectivity index (χ1v) is 11.8. The molecular formula is C28H36N2O6. The summed E-state index contributed by atoms with van der Waals surface area (Å²) in [6.45, 7) is 11.1. The molecule has 8 heteroatoms. The smallest absolute Gasteiger partial charge is 0.412 e. The van der Waals surface area contributed by atoms with Crippen molar-refractivity contribution < 1.29 is 28.6 Å². The van der Waals surface area contributed by atoms with Gasteiger partial charge in [0.15, 0.2) is 0 Å². The summed E-state index contributed by atoms with van der Waals surface area (Å²) in [6, 6.07) is 14.2. The van der Waals surface area contributed by atoms with Crippen LogP contribution in [0.5, 0.6) is 5.75 Å². The summed E-state index contributed by atoms with van der Waals surface area (Å²) in [6.07, 6.45) is 3.23. The van der Waals surface area contributed by atoms with E-state index < -0.39 is 23.3 Å². The fourth-order valence-corrected chi connectivity index (χ4v) is 2.93. The highest BCUT2D eigenvalue weighted by Gasteiger charge is 2.17. The molecule has 0 aliphatic heterocycles. The number of rotatable bonds is 9. The van der Waals surface area contributed by atoms with E-state index in [2.05, 4.69) is 10.6 Å². The number of carbonyl (C=O) groups excluding carboxylic acids is 3. The van der Waals surface area contributed by atoms with Crippen molar-refractivity contribution in [3.05, 3.63) is 60.2 Å². The van der Waals surface area contributed by atoms with E-state index >= 15 is 0 Å². The minimum Gasteiger partial charge on any atom is -0.494 e. The van der Waals surface area contributed by atoms with Crippen LogP contribution in [-0.2, 0) is 19.1 Å². The molecule has 0 atom stereocenters. The molecule has 36 heavy (non-hydrogen) atoms. The molecule has 2 amide bonds. The van der Waals surface area contributed by atoms with Crippen LogP contribution in [0.4, 0.5) is 16.2 Å². The first kappa shape index (κ1) is 28.4. The van der Waals surface area contributed by atoms with Crippen molar-refractivity contribution in [1.82, 2.24) is 0 Å². The van der Waals surface area contributed by atoms with Gasteiger partial charge in [0.25, 0.3) is 0 Å². The summed E-state index contributed by atoms with van der Waals surface area (Å²) in [5, 5.41) is 5.47. The van der Waals surface area contributed by atoms with Gasteiger partial charge in [-0.3, -0.25) is 10.1 Å². The predicted molar refractivity (Wildman–Crippen MR) is 141 cm³/mol. The fourth-order valence-electron chi connectivity index (χ4n) is 2.93. The van der Waals surface area contributed by atoms with Gasteiger partial charge in [-0.1, -0.05) is 24.3 Å². The van der Waals surface area contributed by atoms with Crippen LogP contribution in [0.15, 0.2) is 54.6 Å². The average Bonchev–Trinajstić information content (AvgIpc) is 2.75. The quantitative estimate of drug-likeness (QED) is 0.244. The lowest BCUT2D eigenvalue weighted by Gasteiger charge is -2.20. The molecule has 0 aliphatic carbocycles. The minimum atomic E-state index is -0.626. The van der Waals surface area contributed by atoms with E-state index in [0.29, 0.717) is 30.2 Å². The van der Waals surface area contributed by atoms with Crippen LogP contribution in [0.3, 0.4) is 0 Å². The molecule has 194 valence electrons. The van der Waals surface area contributed by atoms with E-state index in [-0.39, 0.29) is 12.3 Å². The molecule has 0 saturated heterocycles. The van der Waals surface area contributed by atoms with Crippen LogP contribution >= 0.6 is 0 Å². The number of anilines is 2. The molecule has 2 N–H and O–H groups in total. The molecule has 2 rings (SSSR count).